The zero-order valence-corrected chi connectivity index (χ0v) is 8.22. The third kappa shape index (κ3) is 2.14. The van der Waals surface area contributed by atoms with E-state index in [9.17, 15) is 0 Å². The maximum Gasteiger partial charge on any atom is 0.122 e. The molecule has 0 saturated carbocycles. The van der Waals surface area contributed by atoms with Crippen LogP contribution in [0.1, 0.15) is 12.0 Å². The quantitative estimate of drug-likeness (QED) is 0.748. The number of benzene rings is 1. The Bertz CT molecular complexity index is 277. The van der Waals surface area contributed by atoms with Gasteiger partial charge in [0.15, 0.2) is 0 Å². The van der Waals surface area contributed by atoms with E-state index in [0.29, 0.717) is 6.54 Å². The van der Waals surface area contributed by atoms with E-state index in [-0.39, 0.29) is 18.5 Å². The average Bonchev–Trinajstić information content (AvgIpc) is 2.17. The first-order valence-electron chi connectivity index (χ1n) is 4.35. The molecule has 2 N–H and O–H groups in total. The molecule has 0 saturated heterocycles. The standard InChI is InChI=1S/C10H13NO.ClH/c11-7-9-6-5-8-3-1-2-4-10(8)12-9;/h1-4,9H,5-7,11H2;1H/t9-;/m1./s1. The van der Waals surface area contributed by atoms with Crippen molar-refractivity contribution in [3.8, 4) is 5.75 Å². The van der Waals surface area contributed by atoms with Crippen LogP contribution in [0.15, 0.2) is 24.3 Å². The maximum atomic E-state index is 5.66. The van der Waals surface area contributed by atoms with Crippen LogP contribution in [-0.2, 0) is 6.42 Å². The Balaban J connectivity index is 0.000000845. The molecule has 1 aromatic carbocycles. The Morgan fingerprint density at radius 2 is 2.15 bits per heavy atom. The van der Waals surface area contributed by atoms with Crippen LogP contribution < -0.4 is 10.5 Å². The molecule has 1 aliphatic heterocycles. The second-order valence-electron chi connectivity index (χ2n) is 3.12. The zero-order chi connectivity index (χ0) is 8.39. The topological polar surface area (TPSA) is 35.2 Å². The monoisotopic (exact) mass is 199 g/mol. The largest absolute Gasteiger partial charge is 0.489 e. The number of halogens is 1. The van der Waals surface area contributed by atoms with E-state index in [1.165, 1.54) is 5.56 Å². The number of para-hydroxylation sites is 1. The Morgan fingerprint density at radius 1 is 1.38 bits per heavy atom. The molecule has 0 spiro atoms. The molecule has 0 aliphatic carbocycles. The lowest BCUT2D eigenvalue weighted by Crippen LogP contribution is -2.30. The van der Waals surface area contributed by atoms with Gasteiger partial charge < -0.3 is 10.5 Å². The van der Waals surface area contributed by atoms with Crippen molar-refractivity contribution < 1.29 is 4.74 Å². The number of aryl methyl sites for hydroxylation is 1. The molecule has 0 radical (unpaired) electrons. The predicted octanol–water partition coefficient (Wildman–Crippen LogP) is 1.76. The highest BCUT2D eigenvalue weighted by Gasteiger charge is 2.16. The van der Waals surface area contributed by atoms with Gasteiger partial charge in [0.2, 0.25) is 0 Å². The average molecular weight is 200 g/mol. The van der Waals surface area contributed by atoms with Gasteiger partial charge >= 0.3 is 0 Å². The van der Waals surface area contributed by atoms with Crippen LogP contribution in [-0.4, -0.2) is 12.6 Å². The van der Waals surface area contributed by atoms with E-state index < -0.39 is 0 Å². The summed E-state index contributed by atoms with van der Waals surface area (Å²) in [5.41, 5.74) is 6.84. The van der Waals surface area contributed by atoms with Gasteiger partial charge in [-0.15, -0.1) is 12.4 Å². The Hall–Kier alpha value is -0.730. The lowest BCUT2D eigenvalue weighted by atomic mass is 10.0. The van der Waals surface area contributed by atoms with Crippen molar-refractivity contribution >= 4 is 12.4 Å². The summed E-state index contributed by atoms with van der Waals surface area (Å²) >= 11 is 0. The van der Waals surface area contributed by atoms with Gasteiger partial charge in [-0.3, -0.25) is 0 Å². The lowest BCUT2D eigenvalue weighted by molar-refractivity contribution is 0.181. The van der Waals surface area contributed by atoms with Crippen LogP contribution in [0.3, 0.4) is 0 Å². The van der Waals surface area contributed by atoms with Crippen molar-refractivity contribution in [2.24, 2.45) is 5.73 Å². The highest BCUT2D eigenvalue weighted by molar-refractivity contribution is 5.85. The highest BCUT2D eigenvalue weighted by Crippen LogP contribution is 2.26. The summed E-state index contributed by atoms with van der Waals surface area (Å²) in [6.45, 7) is 0.619. The van der Waals surface area contributed by atoms with E-state index in [1.54, 1.807) is 0 Å². The summed E-state index contributed by atoms with van der Waals surface area (Å²) in [7, 11) is 0. The SMILES string of the molecule is Cl.NC[C@H]1CCc2ccccc2O1. The van der Waals surface area contributed by atoms with Crippen molar-refractivity contribution in [1.29, 1.82) is 0 Å². The Morgan fingerprint density at radius 3 is 2.92 bits per heavy atom. The molecular weight excluding hydrogens is 186 g/mol. The predicted molar refractivity (Wildman–Crippen MR) is 55.5 cm³/mol. The molecule has 1 atom stereocenters. The zero-order valence-electron chi connectivity index (χ0n) is 7.40. The van der Waals surface area contributed by atoms with Crippen molar-refractivity contribution in [1.82, 2.24) is 0 Å². The molecule has 0 bridgehead atoms. The summed E-state index contributed by atoms with van der Waals surface area (Å²) in [5, 5.41) is 0. The normalized spacial score (nSPS) is 19.6. The molecule has 3 heteroatoms. The van der Waals surface area contributed by atoms with Gasteiger partial charge in [0.1, 0.15) is 11.9 Å². The van der Waals surface area contributed by atoms with E-state index in [4.69, 9.17) is 10.5 Å². The molecule has 2 rings (SSSR count). The fourth-order valence-corrected chi connectivity index (χ4v) is 1.55. The Kier molecular flexibility index (Phi) is 3.58. The van der Waals surface area contributed by atoms with Gasteiger partial charge in [-0.05, 0) is 24.5 Å². The summed E-state index contributed by atoms with van der Waals surface area (Å²) in [4.78, 5) is 0. The van der Waals surface area contributed by atoms with Gasteiger partial charge in [0.05, 0.1) is 0 Å². The van der Waals surface area contributed by atoms with Gasteiger partial charge in [-0.1, -0.05) is 18.2 Å². The molecule has 1 aliphatic rings. The summed E-state index contributed by atoms with van der Waals surface area (Å²) in [6, 6.07) is 8.17. The van der Waals surface area contributed by atoms with E-state index in [0.717, 1.165) is 18.6 Å². The first-order valence-corrected chi connectivity index (χ1v) is 4.35. The molecule has 13 heavy (non-hydrogen) atoms. The molecule has 0 aromatic heterocycles. The first-order chi connectivity index (χ1) is 5.90. The molecule has 1 aromatic rings. The van der Waals surface area contributed by atoms with E-state index in [1.807, 2.05) is 18.2 Å². The minimum atomic E-state index is 0. The molecule has 0 unspecified atom stereocenters. The number of fused-ring (bicyclic) bond motifs is 1. The van der Waals surface area contributed by atoms with Crippen molar-refractivity contribution in [2.75, 3.05) is 6.54 Å². The first kappa shape index (κ1) is 10.4. The van der Waals surface area contributed by atoms with Crippen LogP contribution >= 0.6 is 12.4 Å². The summed E-state index contributed by atoms with van der Waals surface area (Å²) < 4.78 is 5.66. The highest BCUT2D eigenvalue weighted by atomic mass is 35.5. The fraction of sp³-hybridized carbons (Fsp3) is 0.400. The summed E-state index contributed by atoms with van der Waals surface area (Å²) in [6.07, 6.45) is 2.37. The van der Waals surface area contributed by atoms with Crippen LogP contribution in [0, 0.1) is 0 Å². The molecule has 2 nitrogen and oxygen atoms in total. The minimum Gasteiger partial charge on any atom is -0.489 e. The lowest BCUT2D eigenvalue weighted by Gasteiger charge is -2.24. The second-order valence-corrected chi connectivity index (χ2v) is 3.12. The number of hydrogen-bond acceptors (Lipinski definition) is 2. The molecule has 0 fully saturated rings. The van der Waals surface area contributed by atoms with Crippen LogP contribution in [0.5, 0.6) is 5.75 Å². The van der Waals surface area contributed by atoms with Crippen molar-refractivity contribution in [2.45, 2.75) is 18.9 Å². The molecular formula is C10H14ClNO. The van der Waals surface area contributed by atoms with Gasteiger partial charge in [-0.25, -0.2) is 0 Å². The Labute approximate surface area is 84.5 Å². The van der Waals surface area contributed by atoms with Gasteiger partial charge in [0.25, 0.3) is 0 Å². The van der Waals surface area contributed by atoms with Crippen molar-refractivity contribution in [3.63, 3.8) is 0 Å². The second kappa shape index (κ2) is 4.49. The third-order valence-corrected chi connectivity index (χ3v) is 2.26. The third-order valence-electron chi connectivity index (χ3n) is 2.26. The number of nitrogens with two attached hydrogens (primary N) is 1. The maximum absolute atomic E-state index is 5.66. The van der Waals surface area contributed by atoms with E-state index in [2.05, 4.69) is 6.07 Å². The number of ether oxygens (including phenoxy) is 1. The van der Waals surface area contributed by atoms with Crippen LogP contribution in [0.2, 0.25) is 0 Å². The fourth-order valence-electron chi connectivity index (χ4n) is 1.55. The van der Waals surface area contributed by atoms with Crippen LogP contribution in [0.25, 0.3) is 0 Å². The van der Waals surface area contributed by atoms with Crippen molar-refractivity contribution in [3.05, 3.63) is 29.8 Å². The van der Waals surface area contributed by atoms with Crippen LogP contribution in [0.4, 0.5) is 0 Å². The van der Waals surface area contributed by atoms with E-state index >= 15 is 0 Å². The molecule has 1 heterocycles. The minimum absolute atomic E-state index is 0. The van der Waals surface area contributed by atoms with Gasteiger partial charge in [0, 0.05) is 6.54 Å². The molecule has 72 valence electrons. The summed E-state index contributed by atoms with van der Waals surface area (Å²) in [5.74, 6) is 1.01. The molecule has 0 amide bonds. The number of hydrogen-bond donors (Lipinski definition) is 1. The smallest absolute Gasteiger partial charge is 0.122 e. The number of rotatable bonds is 1. The van der Waals surface area contributed by atoms with Gasteiger partial charge in [-0.2, -0.15) is 0 Å².